The highest BCUT2D eigenvalue weighted by Crippen LogP contribution is 2.18. The van der Waals surface area contributed by atoms with Crippen LogP contribution in [-0.2, 0) is 16.6 Å². The zero-order chi connectivity index (χ0) is 13.9. The lowest BCUT2D eigenvalue weighted by molar-refractivity contribution is 0.428. The Kier molecular flexibility index (Phi) is 4.54. The Morgan fingerprint density at radius 3 is 2.68 bits per heavy atom. The Hall–Kier alpha value is -0.980. The van der Waals surface area contributed by atoms with Crippen molar-refractivity contribution >= 4 is 10.0 Å². The summed E-state index contributed by atoms with van der Waals surface area (Å²) < 4.78 is 39.2. The van der Waals surface area contributed by atoms with Crippen LogP contribution in [0.1, 0.15) is 18.4 Å². The third-order valence-electron chi connectivity index (χ3n) is 3.44. The lowest BCUT2D eigenvalue weighted by Crippen LogP contribution is -2.42. The van der Waals surface area contributed by atoms with Gasteiger partial charge in [0.15, 0.2) is 0 Å². The Labute approximate surface area is 113 Å². The molecule has 2 rings (SSSR count). The number of hydrogen-bond acceptors (Lipinski definition) is 3. The number of sulfonamides is 1. The van der Waals surface area contributed by atoms with Crippen molar-refractivity contribution in [3.05, 3.63) is 35.6 Å². The van der Waals surface area contributed by atoms with E-state index in [0.717, 1.165) is 13.1 Å². The number of nitrogens with one attached hydrogen (secondary N) is 1. The van der Waals surface area contributed by atoms with Crippen molar-refractivity contribution in [2.75, 3.05) is 20.1 Å². The van der Waals surface area contributed by atoms with E-state index in [9.17, 15) is 12.8 Å². The van der Waals surface area contributed by atoms with Gasteiger partial charge < -0.3 is 5.32 Å². The van der Waals surface area contributed by atoms with Gasteiger partial charge in [0.1, 0.15) is 5.82 Å². The number of halogens is 1. The van der Waals surface area contributed by atoms with E-state index >= 15 is 0 Å². The molecule has 1 aromatic carbocycles. The SMILES string of the molecule is CN(Cc1cccc(F)c1)S(=O)(=O)C1CCNCC1. The molecule has 4 nitrogen and oxygen atoms in total. The fraction of sp³-hybridized carbons (Fsp3) is 0.538. The van der Waals surface area contributed by atoms with E-state index in [-0.39, 0.29) is 17.6 Å². The van der Waals surface area contributed by atoms with Crippen LogP contribution in [0.5, 0.6) is 0 Å². The Bertz CT molecular complexity index is 527. The monoisotopic (exact) mass is 286 g/mol. The second-order valence-corrected chi connectivity index (χ2v) is 7.20. The van der Waals surface area contributed by atoms with Gasteiger partial charge in [-0.3, -0.25) is 0 Å². The summed E-state index contributed by atoms with van der Waals surface area (Å²) in [6.45, 7) is 1.68. The highest BCUT2D eigenvalue weighted by molar-refractivity contribution is 7.89. The van der Waals surface area contributed by atoms with Gasteiger partial charge in [-0.25, -0.2) is 17.1 Å². The molecule has 0 unspecified atom stereocenters. The van der Waals surface area contributed by atoms with Crippen LogP contribution >= 0.6 is 0 Å². The summed E-state index contributed by atoms with van der Waals surface area (Å²) in [7, 11) is -1.74. The van der Waals surface area contributed by atoms with Gasteiger partial charge in [0.25, 0.3) is 0 Å². The standard InChI is InChI=1S/C13H19FN2O2S/c1-16(10-11-3-2-4-12(14)9-11)19(17,18)13-5-7-15-8-6-13/h2-4,9,13,15H,5-8,10H2,1H3. The van der Waals surface area contributed by atoms with Crippen molar-refractivity contribution in [3.8, 4) is 0 Å². The summed E-state index contributed by atoms with van der Waals surface area (Å²) in [6, 6.07) is 6.05. The van der Waals surface area contributed by atoms with Gasteiger partial charge in [-0.1, -0.05) is 12.1 Å². The number of benzene rings is 1. The van der Waals surface area contributed by atoms with Gasteiger partial charge in [-0.15, -0.1) is 0 Å². The van der Waals surface area contributed by atoms with Crippen molar-refractivity contribution in [2.45, 2.75) is 24.6 Å². The Morgan fingerprint density at radius 1 is 1.37 bits per heavy atom. The normalized spacial score (nSPS) is 17.8. The van der Waals surface area contributed by atoms with Crippen molar-refractivity contribution < 1.29 is 12.8 Å². The molecule has 0 radical (unpaired) electrons. The van der Waals surface area contributed by atoms with Crippen LogP contribution in [0.15, 0.2) is 24.3 Å². The van der Waals surface area contributed by atoms with Crippen LogP contribution in [-0.4, -0.2) is 38.1 Å². The summed E-state index contributed by atoms with van der Waals surface area (Å²) in [5, 5.41) is 2.82. The van der Waals surface area contributed by atoms with E-state index in [2.05, 4.69) is 5.32 Å². The molecule has 0 spiro atoms. The number of piperidine rings is 1. The lowest BCUT2D eigenvalue weighted by atomic mass is 10.2. The number of rotatable bonds is 4. The average Bonchev–Trinajstić information content (AvgIpc) is 2.39. The van der Waals surface area contributed by atoms with Crippen molar-refractivity contribution in [3.63, 3.8) is 0 Å². The van der Waals surface area contributed by atoms with E-state index in [0.29, 0.717) is 18.4 Å². The smallest absolute Gasteiger partial charge is 0.217 e. The minimum Gasteiger partial charge on any atom is -0.317 e. The third-order valence-corrected chi connectivity index (χ3v) is 5.75. The molecule has 6 heteroatoms. The van der Waals surface area contributed by atoms with Gasteiger partial charge in [0, 0.05) is 13.6 Å². The van der Waals surface area contributed by atoms with Crippen LogP contribution in [0, 0.1) is 5.82 Å². The van der Waals surface area contributed by atoms with Gasteiger partial charge >= 0.3 is 0 Å². The topological polar surface area (TPSA) is 49.4 Å². The quantitative estimate of drug-likeness (QED) is 0.908. The molecule has 0 saturated carbocycles. The Balaban J connectivity index is 2.07. The molecule has 0 aromatic heterocycles. The van der Waals surface area contributed by atoms with E-state index < -0.39 is 10.0 Å². The first-order valence-corrected chi connectivity index (χ1v) is 7.91. The highest BCUT2D eigenvalue weighted by atomic mass is 32.2. The molecule has 1 fully saturated rings. The lowest BCUT2D eigenvalue weighted by Gasteiger charge is -2.27. The molecular weight excluding hydrogens is 267 g/mol. The molecule has 1 aliphatic rings. The molecule has 0 bridgehead atoms. The minimum atomic E-state index is -3.30. The summed E-state index contributed by atoms with van der Waals surface area (Å²) >= 11 is 0. The predicted molar refractivity (Wildman–Crippen MR) is 72.7 cm³/mol. The molecule has 1 heterocycles. The molecule has 1 aliphatic heterocycles. The van der Waals surface area contributed by atoms with E-state index in [1.54, 1.807) is 19.2 Å². The maximum atomic E-state index is 13.1. The summed E-state index contributed by atoms with van der Waals surface area (Å²) in [6.07, 6.45) is 1.27. The van der Waals surface area contributed by atoms with Crippen molar-refractivity contribution in [1.82, 2.24) is 9.62 Å². The molecule has 1 aromatic rings. The minimum absolute atomic E-state index is 0.212. The van der Waals surface area contributed by atoms with Gasteiger partial charge in [0.05, 0.1) is 5.25 Å². The first-order valence-electron chi connectivity index (χ1n) is 6.40. The van der Waals surface area contributed by atoms with Crippen molar-refractivity contribution in [2.24, 2.45) is 0 Å². The van der Waals surface area contributed by atoms with Crippen LogP contribution in [0.3, 0.4) is 0 Å². The fourth-order valence-corrected chi connectivity index (χ4v) is 4.00. The summed E-state index contributed by atoms with van der Waals surface area (Å²) in [5.74, 6) is -0.342. The van der Waals surface area contributed by atoms with E-state index in [1.807, 2.05) is 0 Å². The number of nitrogens with zero attached hydrogens (tertiary/aromatic N) is 1. The van der Waals surface area contributed by atoms with Crippen LogP contribution < -0.4 is 5.32 Å². The largest absolute Gasteiger partial charge is 0.317 e. The maximum Gasteiger partial charge on any atom is 0.217 e. The maximum absolute atomic E-state index is 13.1. The molecule has 19 heavy (non-hydrogen) atoms. The first-order chi connectivity index (χ1) is 9.00. The molecule has 0 atom stereocenters. The van der Waals surface area contributed by atoms with Gasteiger partial charge in [0.2, 0.25) is 10.0 Å². The second-order valence-electron chi connectivity index (χ2n) is 4.88. The third kappa shape index (κ3) is 3.52. The second kappa shape index (κ2) is 5.98. The Morgan fingerprint density at radius 2 is 2.05 bits per heavy atom. The molecule has 0 amide bonds. The fourth-order valence-electron chi connectivity index (χ4n) is 2.33. The predicted octanol–water partition coefficient (Wildman–Crippen LogP) is 1.34. The molecular formula is C13H19FN2O2S. The molecule has 1 N–H and O–H groups in total. The molecule has 1 saturated heterocycles. The first kappa shape index (κ1) is 14.4. The van der Waals surface area contributed by atoms with E-state index in [1.165, 1.54) is 16.4 Å². The summed E-state index contributed by atoms with van der Waals surface area (Å²) in [5.41, 5.74) is 0.667. The summed E-state index contributed by atoms with van der Waals surface area (Å²) in [4.78, 5) is 0. The zero-order valence-electron chi connectivity index (χ0n) is 11.0. The van der Waals surface area contributed by atoms with E-state index in [4.69, 9.17) is 0 Å². The van der Waals surface area contributed by atoms with Gasteiger partial charge in [-0.05, 0) is 43.6 Å². The zero-order valence-corrected chi connectivity index (χ0v) is 11.8. The van der Waals surface area contributed by atoms with Crippen LogP contribution in [0.2, 0.25) is 0 Å². The van der Waals surface area contributed by atoms with Gasteiger partial charge in [-0.2, -0.15) is 0 Å². The van der Waals surface area contributed by atoms with Crippen LogP contribution in [0.4, 0.5) is 4.39 Å². The molecule has 0 aliphatic carbocycles. The highest BCUT2D eigenvalue weighted by Gasteiger charge is 2.30. The van der Waals surface area contributed by atoms with Crippen LogP contribution in [0.25, 0.3) is 0 Å². The number of hydrogen-bond donors (Lipinski definition) is 1. The van der Waals surface area contributed by atoms with Crippen molar-refractivity contribution in [1.29, 1.82) is 0 Å². The average molecular weight is 286 g/mol. The molecule has 106 valence electrons.